The van der Waals surface area contributed by atoms with E-state index >= 15 is 0 Å². The summed E-state index contributed by atoms with van der Waals surface area (Å²) in [7, 11) is -6.77. The molecule has 0 saturated carbocycles. The molecule has 14 heteroatoms. The van der Waals surface area contributed by atoms with E-state index in [-0.39, 0.29) is 21.4 Å². The number of benzene rings is 2. The van der Waals surface area contributed by atoms with Gasteiger partial charge in [-0.1, -0.05) is 38.5 Å². The van der Waals surface area contributed by atoms with E-state index < -0.39 is 66.5 Å². The number of ether oxygens (including phenoxy) is 2. The Bertz CT molecular complexity index is 1330. The molecule has 0 aliphatic carbocycles. The highest BCUT2D eigenvalue weighted by Gasteiger charge is 2.52. The number of nitro groups is 1. The molecule has 0 radical (unpaired) electrons. The van der Waals surface area contributed by atoms with Gasteiger partial charge in [0.1, 0.15) is 24.0 Å². The van der Waals surface area contributed by atoms with Crippen LogP contribution in [0.3, 0.4) is 0 Å². The summed E-state index contributed by atoms with van der Waals surface area (Å²) >= 11 is 0. The van der Waals surface area contributed by atoms with Crippen molar-refractivity contribution < 1.29 is 41.3 Å². The molecule has 41 heavy (non-hydrogen) atoms. The van der Waals surface area contributed by atoms with Gasteiger partial charge in [-0.2, -0.15) is 8.42 Å². The first-order valence-corrected chi connectivity index (χ1v) is 17.4. The van der Waals surface area contributed by atoms with E-state index in [9.17, 15) is 28.4 Å². The van der Waals surface area contributed by atoms with Crippen LogP contribution in [0.1, 0.15) is 33.3 Å². The monoisotopic (exact) mass is 610 g/mol. The SMILES string of the molecule is CC(=O)N[C@H]1[C@H](Oc2ccc([N+](=O)[O-])cc2)O[C@H](COS(=O)(=O)c2ccc(C)cc2)[C@@H](O)[C@@H]1O[Si](C)(C)C(C)(C)C. The first-order valence-electron chi connectivity index (χ1n) is 13.1. The van der Waals surface area contributed by atoms with Crippen LogP contribution in [0.25, 0.3) is 0 Å². The number of carbonyl (C=O) groups is 1. The van der Waals surface area contributed by atoms with E-state index in [1.165, 1.54) is 43.3 Å². The third kappa shape index (κ3) is 8.11. The van der Waals surface area contributed by atoms with Crippen molar-refractivity contribution >= 4 is 30.0 Å². The van der Waals surface area contributed by atoms with Crippen LogP contribution in [-0.2, 0) is 28.3 Å². The maximum atomic E-state index is 12.9. The predicted molar refractivity (Wildman–Crippen MR) is 152 cm³/mol. The maximum absolute atomic E-state index is 12.9. The van der Waals surface area contributed by atoms with Gasteiger partial charge in [-0.15, -0.1) is 0 Å². The number of nitro benzene ring substituents is 1. The normalized spacial score (nSPS) is 23.6. The highest BCUT2D eigenvalue weighted by atomic mass is 32.2. The van der Waals surface area contributed by atoms with Crippen molar-refractivity contribution in [3.8, 4) is 5.75 Å². The molecule has 1 fully saturated rings. The molecule has 1 amide bonds. The smallest absolute Gasteiger partial charge is 0.297 e. The number of aliphatic hydroxyl groups excluding tert-OH is 1. The van der Waals surface area contributed by atoms with Crippen LogP contribution in [0.5, 0.6) is 5.75 Å². The summed E-state index contributed by atoms with van der Waals surface area (Å²) in [5, 5.41) is 25.0. The fourth-order valence-electron chi connectivity index (χ4n) is 3.91. The van der Waals surface area contributed by atoms with Crippen LogP contribution in [-0.4, -0.2) is 69.9 Å². The maximum Gasteiger partial charge on any atom is 0.297 e. The van der Waals surface area contributed by atoms with E-state index in [0.717, 1.165) is 5.56 Å². The minimum absolute atomic E-state index is 0.0581. The van der Waals surface area contributed by atoms with Crippen LogP contribution in [0.4, 0.5) is 5.69 Å². The lowest BCUT2D eigenvalue weighted by atomic mass is 9.97. The van der Waals surface area contributed by atoms with Crippen LogP contribution in [0.15, 0.2) is 53.4 Å². The van der Waals surface area contributed by atoms with Crippen LogP contribution >= 0.6 is 0 Å². The van der Waals surface area contributed by atoms with Gasteiger partial charge in [0.15, 0.2) is 8.32 Å². The first-order chi connectivity index (χ1) is 18.9. The molecule has 0 unspecified atom stereocenters. The molecule has 2 N–H and O–H groups in total. The van der Waals surface area contributed by atoms with Crippen molar-refractivity contribution in [3.05, 3.63) is 64.2 Å². The second-order valence-electron chi connectivity index (χ2n) is 11.5. The molecule has 2 aromatic rings. The molecule has 1 saturated heterocycles. The molecule has 0 bridgehead atoms. The fraction of sp³-hybridized carbons (Fsp3) is 0.519. The number of hydrogen-bond donors (Lipinski definition) is 2. The highest BCUT2D eigenvalue weighted by Crippen LogP contribution is 2.40. The summed E-state index contributed by atoms with van der Waals surface area (Å²) in [6.45, 7) is 12.5. The number of non-ortho nitro benzene ring substituents is 1. The molecule has 5 atom stereocenters. The Morgan fingerprint density at radius 3 is 2.22 bits per heavy atom. The number of nitrogens with zero attached hydrogens (tertiary/aromatic N) is 1. The standard InChI is InChI=1S/C27H38N2O10SSi/c1-17-8-14-21(15-9-17)40(34,35)36-16-22-24(31)25(39-41(6,7)27(3,4)5)23(28-18(2)30)26(38-22)37-20-12-10-19(11-13-20)29(32)33/h8-15,22-26,31H,16H2,1-7H3,(H,28,30)/t22-,23-,24-,25-,26-/m1/s1. The van der Waals surface area contributed by atoms with Gasteiger partial charge in [-0.3, -0.25) is 19.1 Å². The van der Waals surface area contributed by atoms with Gasteiger partial charge < -0.3 is 24.3 Å². The minimum Gasteiger partial charge on any atom is -0.463 e. The number of carbonyl (C=O) groups excluding carboxylic acids is 1. The first kappa shape index (κ1) is 32.6. The van der Waals surface area contributed by atoms with E-state index in [1.807, 2.05) is 40.8 Å². The molecule has 3 rings (SSSR count). The second-order valence-corrected chi connectivity index (χ2v) is 17.9. The molecule has 1 aliphatic rings. The number of aliphatic hydroxyl groups is 1. The number of rotatable bonds is 10. The Morgan fingerprint density at radius 1 is 1.12 bits per heavy atom. The number of nitrogens with one attached hydrogen (secondary N) is 1. The molecular weight excluding hydrogens is 572 g/mol. The zero-order chi connectivity index (χ0) is 30.8. The second kappa shape index (κ2) is 12.5. The average molecular weight is 611 g/mol. The van der Waals surface area contributed by atoms with Crippen LogP contribution < -0.4 is 10.1 Å². The molecule has 1 heterocycles. The molecule has 226 valence electrons. The summed E-state index contributed by atoms with van der Waals surface area (Å²) in [5.74, 6) is -0.256. The van der Waals surface area contributed by atoms with Gasteiger partial charge in [-0.05, 0) is 49.3 Å². The van der Waals surface area contributed by atoms with Gasteiger partial charge in [-0.25, -0.2) is 0 Å². The zero-order valence-electron chi connectivity index (χ0n) is 24.2. The fourth-order valence-corrected chi connectivity index (χ4v) is 6.15. The van der Waals surface area contributed by atoms with Crippen molar-refractivity contribution in [2.24, 2.45) is 0 Å². The van der Waals surface area contributed by atoms with Gasteiger partial charge in [0, 0.05) is 19.1 Å². The summed E-state index contributed by atoms with van der Waals surface area (Å²) in [6.07, 6.45) is -4.98. The Labute approximate surface area is 241 Å². The summed E-state index contributed by atoms with van der Waals surface area (Å²) < 4.78 is 49.6. The van der Waals surface area contributed by atoms with E-state index in [4.69, 9.17) is 18.1 Å². The lowest BCUT2D eigenvalue weighted by Gasteiger charge is -2.48. The van der Waals surface area contributed by atoms with Crippen molar-refractivity contribution in [2.45, 2.75) is 88.3 Å². The van der Waals surface area contributed by atoms with Gasteiger partial charge in [0.2, 0.25) is 12.2 Å². The zero-order valence-corrected chi connectivity index (χ0v) is 26.0. The highest BCUT2D eigenvalue weighted by molar-refractivity contribution is 7.86. The molecule has 0 spiro atoms. The largest absolute Gasteiger partial charge is 0.463 e. The lowest BCUT2D eigenvalue weighted by molar-refractivity contribution is -0.384. The van der Waals surface area contributed by atoms with Crippen molar-refractivity contribution in [1.29, 1.82) is 0 Å². The van der Waals surface area contributed by atoms with E-state index in [2.05, 4.69) is 5.32 Å². The van der Waals surface area contributed by atoms with Gasteiger partial charge in [0.25, 0.3) is 15.8 Å². The van der Waals surface area contributed by atoms with Gasteiger partial charge >= 0.3 is 0 Å². The topological polar surface area (TPSA) is 164 Å². The third-order valence-electron chi connectivity index (χ3n) is 7.28. The predicted octanol–water partition coefficient (Wildman–Crippen LogP) is 3.67. The van der Waals surface area contributed by atoms with Crippen molar-refractivity contribution in [1.82, 2.24) is 5.32 Å². The van der Waals surface area contributed by atoms with E-state index in [0.29, 0.717) is 0 Å². The van der Waals surface area contributed by atoms with Crippen molar-refractivity contribution in [2.75, 3.05) is 6.61 Å². The molecule has 1 aliphatic heterocycles. The van der Waals surface area contributed by atoms with Crippen LogP contribution in [0.2, 0.25) is 18.1 Å². The summed E-state index contributed by atoms with van der Waals surface area (Å²) in [6, 6.07) is 10.3. The van der Waals surface area contributed by atoms with Gasteiger partial charge in [0.05, 0.1) is 22.5 Å². The number of amides is 1. The lowest BCUT2D eigenvalue weighted by Crippen LogP contribution is -2.68. The third-order valence-corrected chi connectivity index (χ3v) is 13.0. The molecule has 12 nitrogen and oxygen atoms in total. The number of hydrogen-bond acceptors (Lipinski definition) is 10. The molecule has 0 aromatic heterocycles. The Balaban J connectivity index is 1.96. The molecular formula is C27H38N2O10SSi. The van der Waals surface area contributed by atoms with Crippen LogP contribution in [0, 0.1) is 17.0 Å². The van der Waals surface area contributed by atoms with E-state index in [1.54, 1.807) is 12.1 Å². The Kier molecular flexibility index (Phi) is 9.99. The Hall–Kier alpha value is -2.88. The Morgan fingerprint density at radius 2 is 1.71 bits per heavy atom. The minimum atomic E-state index is -4.20. The average Bonchev–Trinajstić information content (AvgIpc) is 2.86. The summed E-state index contributed by atoms with van der Waals surface area (Å²) in [4.78, 5) is 22.7. The van der Waals surface area contributed by atoms with Crippen molar-refractivity contribution in [3.63, 3.8) is 0 Å². The summed E-state index contributed by atoms with van der Waals surface area (Å²) in [5.41, 5.74) is 0.721. The number of aryl methyl sites for hydroxylation is 1. The quantitative estimate of drug-likeness (QED) is 0.176. The molecule has 2 aromatic carbocycles.